The van der Waals surface area contributed by atoms with Crippen molar-refractivity contribution in [2.45, 2.75) is 19.0 Å². The maximum atomic E-state index is 12.5. The van der Waals surface area contributed by atoms with Gasteiger partial charge in [-0.15, -0.1) is 10.2 Å². The minimum atomic E-state index is -0.257. The van der Waals surface area contributed by atoms with Crippen LogP contribution in [-0.4, -0.2) is 27.3 Å². The van der Waals surface area contributed by atoms with Crippen molar-refractivity contribution in [1.82, 2.24) is 14.9 Å². The Morgan fingerprint density at radius 3 is 2.55 bits per heavy atom. The fourth-order valence-corrected chi connectivity index (χ4v) is 2.00. The van der Waals surface area contributed by atoms with Gasteiger partial charge in [0.25, 0.3) is 0 Å². The van der Waals surface area contributed by atoms with Gasteiger partial charge >= 0.3 is 5.56 Å². The molecule has 2 rings (SSSR count). The lowest BCUT2D eigenvalue weighted by Gasteiger charge is -2.06. The number of nitrogens with zero attached hydrogens (tertiary/aromatic N) is 4. The van der Waals surface area contributed by atoms with E-state index < -0.39 is 0 Å². The molecule has 0 aliphatic carbocycles. The van der Waals surface area contributed by atoms with Gasteiger partial charge in [-0.05, 0) is 12.2 Å². The van der Waals surface area contributed by atoms with Crippen LogP contribution in [0.2, 0.25) is 0 Å². The minimum absolute atomic E-state index is 0.255. The summed E-state index contributed by atoms with van der Waals surface area (Å²) in [6.45, 7) is 4.00. The van der Waals surface area contributed by atoms with E-state index in [4.69, 9.17) is 0 Å². The topological polar surface area (TPSA) is 60.1 Å². The number of aromatic nitrogens is 3. The Morgan fingerprint density at radius 1 is 1.25 bits per heavy atom. The molecular weight excluding hydrogens is 272 g/mol. The molecule has 1 aromatic carbocycles. The largest absolute Gasteiger partial charge is 0.301 e. The normalized spacial score (nSPS) is 11.4. The molecule has 0 amide bonds. The predicted octanol–water partition coefficient (Wildman–Crippen LogP) is 2.52. The highest BCUT2D eigenvalue weighted by molar-refractivity contribution is 7.98. The average Bonchev–Trinajstić information content (AvgIpc) is 2.46. The number of thioether (sulfide) groups is 1. The van der Waals surface area contributed by atoms with E-state index in [2.05, 4.69) is 15.3 Å². The Labute approximate surface area is 121 Å². The van der Waals surface area contributed by atoms with Gasteiger partial charge in [0.15, 0.2) is 5.69 Å². The van der Waals surface area contributed by atoms with Crippen molar-refractivity contribution in [2.24, 2.45) is 11.0 Å². The van der Waals surface area contributed by atoms with Gasteiger partial charge in [-0.25, -0.2) is 0 Å². The Balaban J connectivity index is 2.58. The maximum absolute atomic E-state index is 12.5. The van der Waals surface area contributed by atoms with Gasteiger partial charge in [-0.2, -0.15) is 9.78 Å². The summed E-state index contributed by atoms with van der Waals surface area (Å²) in [6.07, 6.45) is 3.56. The summed E-state index contributed by atoms with van der Waals surface area (Å²) in [5.41, 5.74) is 0.794. The molecular formula is C14H16N4OS. The van der Waals surface area contributed by atoms with E-state index in [1.54, 1.807) is 6.21 Å². The summed E-state index contributed by atoms with van der Waals surface area (Å²) >= 11 is 1.34. The fraction of sp³-hybridized carbons (Fsp3) is 0.286. The summed E-state index contributed by atoms with van der Waals surface area (Å²) in [5.74, 6) is 0.255. The Morgan fingerprint density at radius 2 is 1.95 bits per heavy atom. The van der Waals surface area contributed by atoms with Gasteiger partial charge < -0.3 is 0 Å². The third kappa shape index (κ3) is 3.14. The third-order valence-electron chi connectivity index (χ3n) is 2.52. The molecule has 20 heavy (non-hydrogen) atoms. The highest BCUT2D eigenvalue weighted by Crippen LogP contribution is 2.14. The zero-order valence-corrected chi connectivity index (χ0v) is 12.5. The van der Waals surface area contributed by atoms with Crippen LogP contribution in [0.25, 0.3) is 11.3 Å². The molecule has 104 valence electrons. The van der Waals surface area contributed by atoms with Gasteiger partial charge in [0.05, 0.1) is 0 Å². The first-order valence-electron chi connectivity index (χ1n) is 6.27. The second kappa shape index (κ2) is 6.47. The summed E-state index contributed by atoms with van der Waals surface area (Å²) in [7, 11) is 0. The molecule has 0 aliphatic rings. The smallest absolute Gasteiger partial charge is 0.265 e. The molecule has 0 saturated carbocycles. The molecule has 0 N–H and O–H groups in total. The first kappa shape index (κ1) is 14.5. The maximum Gasteiger partial charge on any atom is 0.301 e. The Bertz CT molecular complexity index is 665. The molecule has 0 bridgehead atoms. The average molecular weight is 288 g/mol. The molecule has 5 nitrogen and oxygen atoms in total. The van der Waals surface area contributed by atoms with E-state index in [9.17, 15) is 4.79 Å². The van der Waals surface area contributed by atoms with Crippen molar-refractivity contribution in [3.05, 3.63) is 40.7 Å². The number of hydrogen-bond donors (Lipinski definition) is 0. The second-order valence-electron chi connectivity index (χ2n) is 4.53. The number of rotatable bonds is 4. The Hall–Kier alpha value is -1.95. The van der Waals surface area contributed by atoms with Gasteiger partial charge in [0.1, 0.15) is 0 Å². The van der Waals surface area contributed by atoms with E-state index in [1.165, 1.54) is 16.4 Å². The minimum Gasteiger partial charge on any atom is -0.265 e. The lowest BCUT2D eigenvalue weighted by atomic mass is 10.2. The van der Waals surface area contributed by atoms with Gasteiger partial charge in [0, 0.05) is 11.8 Å². The van der Waals surface area contributed by atoms with E-state index in [-0.39, 0.29) is 11.5 Å². The van der Waals surface area contributed by atoms with Crippen LogP contribution >= 0.6 is 11.8 Å². The lowest BCUT2D eigenvalue weighted by molar-refractivity contribution is 0.647. The molecule has 0 radical (unpaired) electrons. The SMILES string of the molecule is CSc1nnc(-c2ccccc2)c(=O)n1N=CC(C)C. The molecule has 0 unspecified atom stereocenters. The summed E-state index contributed by atoms with van der Waals surface area (Å²) < 4.78 is 1.31. The van der Waals surface area contributed by atoms with Crippen LogP contribution < -0.4 is 5.56 Å². The van der Waals surface area contributed by atoms with Crippen LogP contribution in [0.1, 0.15) is 13.8 Å². The van der Waals surface area contributed by atoms with E-state index in [0.717, 1.165) is 5.56 Å². The first-order valence-corrected chi connectivity index (χ1v) is 7.49. The quantitative estimate of drug-likeness (QED) is 0.640. The highest BCUT2D eigenvalue weighted by Gasteiger charge is 2.12. The van der Waals surface area contributed by atoms with E-state index in [1.807, 2.05) is 50.4 Å². The van der Waals surface area contributed by atoms with Crippen molar-refractivity contribution in [1.29, 1.82) is 0 Å². The van der Waals surface area contributed by atoms with Crippen LogP contribution in [0.3, 0.4) is 0 Å². The van der Waals surface area contributed by atoms with Crippen molar-refractivity contribution >= 4 is 18.0 Å². The predicted molar refractivity (Wildman–Crippen MR) is 82.2 cm³/mol. The molecule has 0 fully saturated rings. The molecule has 0 atom stereocenters. The summed E-state index contributed by atoms with van der Waals surface area (Å²) in [6, 6.07) is 9.28. The standard InChI is InChI=1S/C14H16N4OS/c1-10(2)9-15-18-13(19)12(16-17-14(18)20-3)11-7-5-4-6-8-11/h4-10H,1-3H3. The van der Waals surface area contributed by atoms with Crippen molar-refractivity contribution in [3.8, 4) is 11.3 Å². The van der Waals surface area contributed by atoms with Gasteiger partial charge in [-0.1, -0.05) is 55.9 Å². The monoisotopic (exact) mass is 288 g/mol. The zero-order chi connectivity index (χ0) is 14.5. The molecule has 0 aliphatic heterocycles. The van der Waals surface area contributed by atoms with Crippen molar-refractivity contribution in [3.63, 3.8) is 0 Å². The number of benzene rings is 1. The molecule has 0 saturated heterocycles. The second-order valence-corrected chi connectivity index (χ2v) is 5.30. The highest BCUT2D eigenvalue weighted by atomic mass is 32.2. The van der Waals surface area contributed by atoms with Gasteiger partial charge in [0.2, 0.25) is 5.16 Å². The molecule has 1 aromatic heterocycles. The Kier molecular flexibility index (Phi) is 4.68. The van der Waals surface area contributed by atoms with Crippen LogP contribution in [0, 0.1) is 5.92 Å². The fourth-order valence-electron chi connectivity index (χ4n) is 1.57. The molecule has 0 spiro atoms. The third-order valence-corrected chi connectivity index (χ3v) is 3.14. The van der Waals surface area contributed by atoms with Crippen LogP contribution in [0.5, 0.6) is 0 Å². The zero-order valence-electron chi connectivity index (χ0n) is 11.6. The lowest BCUT2D eigenvalue weighted by Crippen LogP contribution is -2.23. The van der Waals surface area contributed by atoms with E-state index >= 15 is 0 Å². The van der Waals surface area contributed by atoms with Crippen molar-refractivity contribution in [2.75, 3.05) is 6.26 Å². The summed E-state index contributed by atoms with van der Waals surface area (Å²) in [5, 5.41) is 12.8. The molecule has 6 heteroatoms. The van der Waals surface area contributed by atoms with Crippen LogP contribution in [-0.2, 0) is 0 Å². The summed E-state index contributed by atoms with van der Waals surface area (Å²) in [4.78, 5) is 12.5. The van der Waals surface area contributed by atoms with Crippen molar-refractivity contribution < 1.29 is 0 Å². The van der Waals surface area contributed by atoms with Gasteiger partial charge in [-0.3, -0.25) is 4.79 Å². The number of hydrogen-bond acceptors (Lipinski definition) is 5. The van der Waals surface area contributed by atoms with Crippen LogP contribution in [0.15, 0.2) is 45.4 Å². The molecule has 2 aromatic rings. The first-order chi connectivity index (χ1) is 9.63. The molecule has 1 heterocycles. The van der Waals surface area contributed by atoms with E-state index in [0.29, 0.717) is 10.9 Å². The van der Waals surface area contributed by atoms with Crippen LogP contribution in [0.4, 0.5) is 0 Å².